The summed E-state index contributed by atoms with van der Waals surface area (Å²) < 4.78 is 10.4. The van der Waals surface area contributed by atoms with Gasteiger partial charge in [-0.1, -0.05) is 42.5 Å². The molecule has 0 aliphatic carbocycles. The number of esters is 2. The molecule has 4 nitrogen and oxygen atoms in total. The summed E-state index contributed by atoms with van der Waals surface area (Å²) in [6.07, 6.45) is 0. The van der Waals surface area contributed by atoms with Gasteiger partial charge >= 0.3 is 11.9 Å². The molecule has 0 heterocycles. The van der Waals surface area contributed by atoms with Crippen LogP contribution in [0.2, 0.25) is 0 Å². The first-order valence-corrected chi connectivity index (χ1v) is 7.66. The molecule has 24 heavy (non-hydrogen) atoms. The van der Waals surface area contributed by atoms with E-state index in [4.69, 9.17) is 9.47 Å². The SMILES string of the molecule is CCOC(=O)c1ccccc1C(=O)Oc1ccc2ccccc2c1. The number of benzene rings is 3. The monoisotopic (exact) mass is 320 g/mol. The van der Waals surface area contributed by atoms with Gasteiger partial charge in [-0.05, 0) is 42.0 Å². The largest absolute Gasteiger partial charge is 0.462 e. The minimum Gasteiger partial charge on any atom is -0.462 e. The molecule has 0 aromatic heterocycles. The molecule has 0 saturated heterocycles. The highest BCUT2D eigenvalue weighted by atomic mass is 16.5. The van der Waals surface area contributed by atoms with E-state index in [0.29, 0.717) is 5.75 Å². The van der Waals surface area contributed by atoms with E-state index in [1.165, 1.54) is 0 Å². The van der Waals surface area contributed by atoms with Gasteiger partial charge < -0.3 is 9.47 Å². The predicted octanol–water partition coefficient (Wildman–Crippen LogP) is 4.24. The summed E-state index contributed by atoms with van der Waals surface area (Å²) >= 11 is 0. The lowest BCUT2D eigenvalue weighted by Gasteiger charge is -2.09. The van der Waals surface area contributed by atoms with E-state index >= 15 is 0 Å². The van der Waals surface area contributed by atoms with Crippen molar-refractivity contribution in [2.45, 2.75) is 6.92 Å². The zero-order valence-corrected chi connectivity index (χ0v) is 13.2. The van der Waals surface area contributed by atoms with Crippen molar-refractivity contribution in [3.63, 3.8) is 0 Å². The van der Waals surface area contributed by atoms with Gasteiger partial charge in [0.2, 0.25) is 0 Å². The highest BCUT2D eigenvalue weighted by molar-refractivity contribution is 6.03. The summed E-state index contributed by atoms with van der Waals surface area (Å²) in [5.74, 6) is -0.699. The number of fused-ring (bicyclic) bond motifs is 1. The molecule has 0 aliphatic rings. The van der Waals surface area contributed by atoms with Crippen LogP contribution in [0.4, 0.5) is 0 Å². The summed E-state index contributed by atoms with van der Waals surface area (Å²) in [5, 5.41) is 2.03. The zero-order chi connectivity index (χ0) is 16.9. The van der Waals surface area contributed by atoms with Crippen molar-refractivity contribution in [1.82, 2.24) is 0 Å². The lowest BCUT2D eigenvalue weighted by atomic mass is 10.1. The van der Waals surface area contributed by atoms with E-state index in [0.717, 1.165) is 10.8 Å². The Morgan fingerprint density at radius 1 is 0.792 bits per heavy atom. The van der Waals surface area contributed by atoms with Gasteiger partial charge in [0.25, 0.3) is 0 Å². The van der Waals surface area contributed by atoms with Gasteiger partial charge in [-0.3, -0.25) is 0 Å². The standard InChI is InChI=1S/C20H16O4/c1-2-23-19(21)17-9-5-6-10-18(17)20(22)24-16-12-11-14-7-3-4-8-15(14)13-16/h3-13H,2H2,1H3. The van der Waals surface area contributed by atoms with E-state index in [-0.39, 0.29) is 17.7 Å². The van der Waals surface area contributed by atoms with Crippen molar-refractivity contribution in [1.29, 1.82) is 0 Å². The molecule has 0 saturated carbocycles. The lowest BCUT2D eigenvalue weighted by Crippen LogP contribution is -2.15. The number of hydrogen-bond acceptors (Lipinski definition) is 4. The van der Waals surface area contributed by atoms with Crippen molar-refractivity contribution >= 4 is 22.7 Å². The molecule has 0 aliphatic heterocycles. The zero-order valence-electron chi connectivity index (χ0n) is 13.2. The second kappa shape index (κ2) is 6.96. The smallest absolute Gasteiger partial charge is 0.344 e. The van der Waals surface area contributed by atoms with Crippen LogP contribution in [0.25, 0.3) is 10.8 Å². The molecular weight excluding hydrogens is 304 g/mol. The second-order valence-electron chi connectivity index (χ2n) is 5.16. The summed E-state index contributed by atoms with van der Waals surface area (Å²) in [6.45, 7) is 1.96. The molecule has 0 bridgehead atoms. The van der Waals surface area contributed by atoms with Crippen molar-refractivity contribution < 1.29 is 19.1 Å². The fourth-order valence-corrected chi connectivity index (χ4v) is 2.44. The van der Waals surface area contributed by atoms with Gasteiger partial charge in [0.05, 0.1) is 17.7 Å². The topological polar surface area (TPSA) is 52.6 Å². The molecule has 3 rings (SSSR count). The number of carbonyl (C=O) groups is 2. The quantitative estimate of drug-likeness (QED) is 0.533. The molecule has 3 aromatic carbocycles. The maximum atomic E-state index is 12.4. The molecule has 0 unspecified atom stereocenters. The van der Waals surface area contributed by atoms with E-state index < -0.39 is 11.9 Å². The summed E-state index contributed by atoms with van der Waals surface area (Å²) in [4.78, 5) is 24.4. The van der Waals surface area contributed by atoms with Gasteiger partial charge in [-0.25, -0.2) is 9.59 Å². The van der Waals surface area contributed by atoms with Crippen LogP contribution in [-0.2, 0) is 4.74 Å². The third kappa shape index (κ3) is 3.27. The van der Waals surface area contributed by atoms with Crippen molar-refractivity contribution in [2.75, 3.05) is 6.61 Å². The van der Waals surface area contributed by atoms with E-state index in [1.54, 1.807) is 43.3 Å². The Morgan fingerprint density at radius 2 is 1.42 bits per heavy atom. The van der Waals surface area contributed by atoms with Gasteiger partial charge in [0.1, 0.15) is 5.75 Å². The Hall–Kier alpha value is -3.14. The van der Waals surface area contributed by atoms with Crippen molar-refractivity contribution in [2.24, 2.45) is 0 Å². The van der Waals surface area contributed by atoms with Gasteiger partial charge in [0.15, 0.2) is 0 Å². The van der Waals surface area contributed by atoms with E-state index in [1.807, 2.05) is 30.3 Å². The van der Waals surface area contributed by atoms with Crippen LogP contribution in [0, 0.1) is 0 Å². The first kappa shape index (κ1) is 15.7. The Labute approximate surface area is 139 Å². The van der Waals surface area contributed by atoms with E-state index in [2.05, 4.69) is 0 Å². The highest BCUT2D eigenvalue weighted by Crippen LogP contribution is 2.22. The molecule has 0 N–H and O–H groups in total. The molecule has 4 heteroatoms. The first-order valence-electron chi connectivity index (χ1n) is 7.66. The average Bonchev–Trinajstić information content (AvgIpc) is 2.62. The van der Waals surface area contributed by atoms with E-state index in [9.17, 15) is 9.59 Å². The van der Waals surface area contributed by atoms with Crippen LogP contribution in [-0.4, -0.2) is 18.5 Å². The minimum atomic E-state index is -0.589. The average molecular weight is 320 g/mol. The number of rotatable bonds is 4. The van der Waals surface area contributed by atoms with Crippen molar-refractivity contribution in [3.8, 4) is 5.75 Å². The van der Waals surface area contributed by atoms with Crippen molar-refractivity contribution in [3.05, 3.63) is 77.9 Å². The molecule has 0 radical (unpaired) electrons. The van der Waals surface area contributed by atoms with Crippen LogP contribution >= 0.6 is 0 Å². The molecule has 120 valence electrons. The fourth-order valence-electron chi connectivity index (χ4n) is 2.44. The molecule has 0 atom stereocenters. The third-order valence-electron chi connectivity index (χ3n) is 3.57. The number of carbonyl (C=O) groups excluding carboxylic acids is 2. The van der Waals surface area contributed by atoms with Crippen LogP contribution in [0.15, 0.2) is 66.7 Å². The molecule has 0 amide bonds. The predicted molar refractivity (Wildman–Crippen MR) is 91.3 cm³/mol. The summed E-state index contributed by atoms with van der Waals surface area (Å²) in [7, 11) is 0. The number of hydrogen-bond donors (Lipinski definition) is 0. The van der Waals surface area contributed by atoms with Crippen LogP contribution in [0.3, 0.4) is 0 Å². The Bertz CT molecular complexity index is 899. The maximum absolute atomic E-state index is 12.4. The Balaban J connectivity index is 1.87. The van der Waals surface area contributed by atoms with Gasteiger partial charge in [0, 0.05) is 0 Å². The molecular formula is C20H16O4. The van der Waals surface area contributed by atoms with Crippen LogP contribution < -0.4 is 4.74 Å². The Morgan fingerprint density at radius 3 is 2.12 bits per heavy atom. The summed E-state index contributed by atoms with van der Waals surface area (Å²) in [6, 6.07) is 19.7. The molecule has 0 fully saturated rings. The highest BCUT2D eigenvalue weighted by Gasteiger charge is 2.19. The normalized spacial score (nSPS) is 10.4. The minimum absolute atomic E-state index is 0.184. The molecule has 0 spiro atoms. The van der Waals surface area contributed by atoms with Gasteiger partial charge in [-0.15, -0.1) is 0 Å². The fraction of sp³-hybridized carbons (Fsp3) is 0.100. The van der Waals surface area contributed by atoms with Crippen LogP contribution in [0.1, 0.15) is 27.6 Å². The number of ether oxygens (including phenoxy) is 2. The summed E-state index contributed by atoms with van der Waals surface area (Å²) in [5.41, 5.74) is 0.384. The Kier molecular flexibility index (Phi) is 4.57. The third-order valence-corrected chi connectivity index (χ3v) is 3.57. The molecule has 3 aromatic rings. The second-order valence-corrected chi connectivity index (χ2v) is 5.16. The maximum Gasteiger partial charge on any atom is 0.344 e. The van der Waals surface area contributed by atoms with Gasteiger partial charge in [-0.2, -0.15) is 0 Å². The lowest BCUT2D eigenvalue weighted by molar-refractivity contribution is 0.0517. The first-order chi connectivity index (χ1) is 11.7. The van der Waals surface area contributed by atoms with Crippen LogP contribution in [0.5, 0.6) is 5.75 Å².